The molecule has 0 spiro atoms. The average Bonchev–Trinajstić information content (AvgIpc) is 2.66. The van der Waals surface area contributed by atoms with Crippen LogP contribution in [0.3, 0.4) is 0 Å². The Morgan fingerprint density at radius 1 is 1.11 bits per heavy atom. The Bertz CT molecular complexity index is 229. The highest BCUT2D eigenvalue weighted by Gasteiger charge is 2.13. The van der Waals surface area contributed by atoms with E-state index in [9.17, 15) is 4.79 Å². The first-order chi connectivity index (χ1) is 9.33. The van der Waals surface area contributed by atoms with Crippen LogP contribution in [0.2, 0.25) is 0 Å². The number of methoxy groups -OCH3 is 1. The van der Waals surface area contributed by atoms with Crippen LogP contribution >= 0.6 is 0 Å². The molecule has 112 valence electrons. The molecule has 2 N–H and O–H groups in total. The second-order valence-corrected chi connectivity index (χ2v) is 5.04. The summed E-state index contributed by atoms with van der Waals surface area (Å²) in [6.45, 7) is 2.90. The first-order valence-electron chi connectivity index (χ1n) is 7.39. The van der Waals surface area contributed by atoms with Crippen LogP contribution in [0.4, 0.5) is 0 Å². The number of hydrogen-bond donors (Lipinski definition) is 2. The van der Waals surface area contributed by atoms with Crippen molar-refractivity contribution in [2.75, 3.05) is 40.0 Å². The molecule has 0 heterocycles. The number of carbonyl (C=O) groups is 1. The summed E-state index contributed by atoms with van der Waals surface area (Å²) in [6.07, 6.45) is 7.36. The Hall–Kier alpha value is -0.650. The van der Waals surface area contributed by atoms with Crippen molar-refractivity contribution in [3.05, 3.63) is 0 Å². The van der Waals surface area contributed by atoms with Crippen molar-refractivity contribution >= 4 is 5.91 Å². The maximum absolute atomic E-state index is 11.7. The van der Waals surface area contributed by atoms with E-state index in [4.69, 9.17) is 9.47 Å². The maximum atomic E-state index is 11.7. The maximum Gasteiger partial charge on any atom is 0.234 e. The Morgan fingerprint density at radius 2 is 1.84 bits per heavy atom. The van der Waals surface area contributed by atoms with Crippen molar-refractivity contribution in [2.45, 2.75) is 44.6 Å². The highest BCUT2D eigenvalue weighted by atomic mass is 16.5. The molecule has 0 bridgehead atoms. The highest BCUT2D eigenvalue weighted by Crippen LogP contribution is 2.16. The smallest absolute Gasteiger partial charge is 0.234 e. The van der Waals surface area contributed by atoms with Crippen LogP contribution in [0.1, 0.15) is 38.5 Å². The lowest BCUT2D eigenvalue weighted by Gasteiger charge is -2.16. The summed E-state index contributed by atoms with van der Waals surface area (Å²) >= 11 is 0. The number of rotatable bonds is 9. The fourth-order valence-corrected chi connectivity index (χ4v) is 2.29. The van der Waals surface area contributed by atoms with Crippen LogP contribution in [0.5, 0.6) is 0 Å². The van der Waals surface area contributed by atoms with Gasteiger partial charge in [0.05, 0.1) is 26.4 Å². The SMILES string of the molecule is COCCOCCNCC(=O)NC1CCCCCC1. The summed E-state index contributed by atoms with van der Waals surface area (Å²) in [5.74, 6) is 0.101. The van der Waals surface area contributed by atoms with Gasteiger partial charge in [-0.2, -0.15) is 0 Å². The molecular weight excluding hydrogens is 244 g/mol. The predicted molar refractivity (Wildman–Crippen MR) is 75.2 cm³/mol. The first-order valence-corrected chi connectivity index (χ1v) is 7.39. The van der Waals surface area contributed by atoms with Gasteiger partial charge in [-0.15, -0.1) is 0 Å². The van der Waals surface area contributed by atoms with Crippen molar-refractivity contribution in [1.82, 2.24) is 10.6 Å². The molecule has 1 aliphatic rings. The van der Waals surface area contributed by atoms with Gasteiger partial charge in [-0.3, -0.25) is 4.79 Å². The van der Waals surface area contributed by atoms with E-state index in [1.165, 1.54) is 25.7 Å². The van der Waals surface area contributed by atoms with E-state index in [2.05, 4.69) is 10.6 Å². The third-order valence-corrected chi connectivity index (χ3v) is 3.36. The van der Waals surface area contributed by atoms with E-state index in [0.29, 0.717) is 39.0 Å². The molecule has 0 atom stereocenters. The van der Waals surface area contributed by atoms with Gasteiger partial charge in [-0.25, -0.2) is 0 Å². The van der Waals surface area contributed by atoms with Gasteiger partial charge in [-0.1, -0.05) is 25.7 Å². The number of carbonyl (C=O) groups excluding carboxylic acids is 1. The fourth-order valence-electron chi connectivity index (χ4n) is 2.29. The van der Waals surface area contributed by atoms with Crippen LogP contribution in [0.25, 0.3) is 0 Å². The molecule has 0 saturated heterocycles. The van der Waals surface area contributed by atoms with Gasteiger partial charge in [0.2, 0.25) is 5.91 Å². The zero-order valence-electron chi connectivity index (χ0n) is 12.1. The Balaban J connectivity index is 1.95. The molecule has 5 heteroatoms. The lowest BCUT2D eigenvalue weighted by Crippen LogP contribution is -2.40. The Kier molecular flexibility index (Phi) is 9.67. The predicted octanol–water partition coefficient (Wildman–Crippen LogP) is 1.08. The molecule has 0 aromatic heterocycles. The molecular formula is C14H28N2O3. The molecule has 0 aromatic carbocycles. The van der Waals surface area contributed by atoms with Gasteiger partial charge < -0.3 is 20.1 Å². The van der Waals surface area contributed by atoms with Crippen molar-refractivity contribution in [3.8, 4) is 0 Å². The number of ether oxygens (including phenoxy) is 2. The van der Waals surface area contributed by atoms with E-state index in [1.807, 2.05) is 0 Å². The van der Waals surface area contributed by atoms with E-state index in [-0.39, 0.29) is 5.91 Å². The standard InChI is InChI=1S/C14H28N2O3/c1-18-10-11-19-9-8-15-12-14(17)16-13-6-4-2-3-5-7-13/h13,15H,2-12H2,1H3,(H,16,17). The van der Waals surface area contributed by atoms with E-state index < -0.39 is 0 Å². The molecule has 0 aliphatic heterocycles. The molecule has 1 saturated carbocycles. The quantitative estimate of drug-likeness (QED) is 0.487. The van der Waals surface area contributed by atoms with Gasteiger partial charge in [-0.05, 0) is 12.8 Å². The van der Waals surface area contributed by atoms with E-state index in [0.717, 1.165) is 12.8 Å². The number of nitrogens with one attached hydrogen (secondary N) is 2. The number of hydrogen-bond acceptors (Lipinski definition) is 4. The van der Waals surface area contributed by atoms with E-state index in [1.54, 1.807) is 7.11 Å². The Morgan fingerprint density at radius 3 is 2.53 bits per heavy atom. The van der Waals surface area contributed by atoms with Crippen LogP contribution in [0.15, 0.2) is 0 Å². The third-order valence-electron chi connectivity index (χ3n) is 3.36. The first kappa shape index (κ1) is 16.4. The van der Waals surface area contributed by atoms with Crippen LogP contribution in [-0.2, 0) is 14.3 Å². The van der Waals surface area contributed by atoms with E-state index >= 15 is 0 Å². The average molecular weight is 272 g/mol. The monoisotopic (exact) mass is 272 g/mol. The molecule has 1 amide bonds. The van der Waals surface area contributed by atoms with Gasteiger partial charge in [0.15, 0.2) is 0 Å². The van der Waals surface area contributed by atoms with Crippen molar-refractivity contribution < 1.29 is 14.3 Å². The van der Waals surface area contributed by atoms with Crippen LogP contribution < -0.4 is 10.6 Å². The Labute approximate surface area is 116 Å². The highest BCUT2D eigenvalue weighted by molar-refractivity contribution is 5.78. The second-order valence-electron chi connectivity index (χ2n) is 5.04. The van der Waals surface area contributed by atoms with Gasteiger partial charge in [0, 0.05) is 19.7 Å². The summed E-state index contributed by atoms with van der Waals surface area (Å²) in [6, 6.07) is 0.384. The molecule has 0 unspecified atom stereocenters. The van der Waals surface area contributed by atoms with Gasteiger partial charge >= 0.3 is 0 Å². The molecule has 5 nitrogen and oxygen atoms in total. The molecule has 19 heavy (non-hydrogen) atoms. The summed E-state index contributed by atoms with van der Waals surface area (Å²) in [7, 11) is 1.65. The van der Waals surface area contributed by atoms with Crippen molar-refractivity contribution in [1.29, 1.82) is 0 Å². The van der Waals surface area contributed by atoms with Gasteiger partial charge in [0.1, 0.15) is 0 Å². The van der Waals surface area contributed by atoms with Gasteiger partial charge in [0.25, 0.3) is 0 Å². The molecule has 1 aliphatic carbocycles. The van der Waals surface area contributed by atoms with Crippen LogP contribution in [-0.4, -0.2) is 52.0 Å². The summed E-state index contributed by atoms with van der Waals surface area (Å²) in [5.41, 5.74) is 0. The minimum atomic E-state index is 0.101. The second kappa shape index (κ2) is 11.2. The topological polar surface area (TPSA) is 59.6 Å². The largest absolute Gasteiger partial charge is 0.382 e. The lowest BCUT2D eigenvalue weighted by molar-refractivity contribution is -0.121. The summed E-state index contributed by atoms with van der Waals surface area (Å²) < 4.78 is 10.2. The zero-order chi connectivity index (χ0) is 13.8. The minimum Gasteiger partial charge on any atom is -0.382 e. The zero-order valence-corrected chi connectivity index (χ0v) is 12.1. The molecule has 1 rings (SSSR count). The third kappa shape index (κ3) is 8.97. The summed E-state index contributed by atoms with van der Waals surface area (Å²) in [4.78, 5) is 11.7. The van der Waals surface area contributed by atoms with Crippen molar-refractivity contribution in [3.63, 3.8) is 0 Å². The molecule has 1 fully saturated rings. The fraction of sp³-hybridized carbons (Fsp3) is 0.929. The lowest BCUT2D eigenvalue weighted by atomic mass is 10.1. The minimum absolute atomic E-state index is 0.101. The normalized spacial score (nSPS) is 17.1. The van der Waals surface area contributed by atoms with Crippen molar-refractivity contribution in [2.24, 2.45) is 0 Å². The number of amides is 1. The van der Waals surface area contributed by atoms with Crippen LogP contribution in [0, 0.1) is 0 Å². The molecule has 0 radical (unpaired) electrons. The summed E-state index contributed by atoms with van der Waals surface area (Å²) in [5, 5.41) is 6.20. The molecule has 0 aromatic rings.